The molecule has 0 saturated carbocycles. The van der Waals surface area contributed by atoms with Crippen LogP contribution >= 0.6 is 11.6 Å². The molecule has 0 spiro atoms. The number of nitrogens with zero attached hydrogens (tertiary/aromatic N) is 6. The number of hydrogen-bond acceptors (Lipinski definition) is 14. The van der Waals surface area contributed by atoms with Gasteiger partial charge in [0.15, 0.2) is 12.5 Å². The first-order valence-electron chi connectivity index (χ1n) is 24.9. The van der Waals surface area contributed by atoms with Gasteiger partial charge in [0.2, 0.25) is 11.8 Å². The predicted octanol–water partition coefficient (Wildman–Crippen LogP) is 9.98. The van der Waals surface area contributed by atoms with Crippen LogP contribution < -0.4 is 20.3 Å². The summed E-state index contributed by atoms with van der Waals surface area (Å²) in [5, 5.41) is 56.2. The van der Waals surface area contributed by atoms with Gasteiger partial charge in [-0.15, -0.1) is 5.11 Å². The van der Waals surface area contributed by atoms with Crippen LogP contribution in [0, 0.1) is 17.0 Å². The molecule has 1 heterocycles. The van der Waals surface area contributed by atoms with Gasteiger partial charge in [0.25, 0.3) is 17.3 Å². The molecule has 19 nitrogen and oxygen atoms in total. The molecule has 20 heteroatoms. The molecule has 0 radical (unpaired) electrons. The molecule has 0 atom stereocenters. The predicted molar refractivity (Wildman–Crippen MR) is 299 cm³/mol. The van der Waals surface area contributed by atoms with Crippen molar-refractivity contribution < 1.29 is 53.8 Å². The average molecular weight is 1080 g/mol. The lowest BCUT2D eigenvalue weighted by atomic mass is 10.0. The molecule has 404 valence electrons. The number of aliphatic hydroxyl groups excluding tert-OH is 2. The molecule has 7 aromatic carbocycles. The summed E-state index contributed by atoms with van der Waals surface area (Å²) in [5.41, 5.74) is 4.85. The third-order valence-corrected chi connectivity index (χ3v) is 12.5. The molecule has 1 aliphatic heterocycles. The number of ketones is 1. The second-order valence-corrected chi connectivity index (χ2v) is 18.4. The van der Waals surface area contributed by atoms with E-state index in [4.69, 9.17) is 26.6 Å². The smallest absolute Gasteiger partial charge is 0.308 e. The Balaban J connectivity index is 0.000000189. The molecule has 0 aliphatic carbocycles. The zero-order valence-corrected chi connectivity index (χ0v) is 43.9. The van der Waals surface area contributed by atoms with Gasteiger partial charge in [-0.1, -0.05) is 78.3 Å². The van der Waals surface area contributed by atoms with E-state index in [0.717, 1.165) is 69.0 Å². The van der Waals surface area contributed by atoms with Crippen LogP contribution in [0.3, 0.4) is 0 Å². The molecule has 0 unspecified atom stereocenters. The number of benzene rings is 7. The number of nitro groups is 1. The Kier molecular flexibility index (Phi) is 21.6. The fraction of sp³-hybridized carbons (Fsp3) is 0.241. The van der Waals surface area contributed by atoms with Crippen molar-refractivity contribution in [2.24, 2.45) is 10.2 Å². The Bertz CT molecular complexity index is 3320. The van der Waals surface area contributed by atoms with Gasteiger partial charge in [0.1, 0.15) is 11.4 Å². The second-order valence-electron chi connectivity index (χ2n) is 17.9. The zero-order chi connectivity index (χ0) is 56.1. The Morgan fingerprint density at radius 2 is 1.36 bits per heavy atom. The summed E-state index contributed by atoms with van der Waals surface area (Å²) < 4.78 is 5.90. The molecule has 1 saturated heterocycles. The summed E-state index contributed by atoms with van der Waals surface area (Å²) in [6.07, 6.45) is 2.73. The van der Waals surface area contributed by atoms with E-state index >= 15 is 0 Å². The van der Waals surface area contributed by atoms with Crippen molar-refractivity contribution in [3.05, 3.63) is 171 Å². The number of azo groups is 1. The summed E-state index contributed by atoms with van der Waals surface area (Å²) in [5.74, 6) is -1.13. The van der Waals surface area contributed by atoms with Gasteiger partial charge in [-0.05, 0) is 101 Å². The van der Waals surface area contributed by atoms with Gasteiger partial charge >= 0.3 is 5.97 Å². The third-order valence-electron chi connectivity index (χ3n) is 12.2. The van der Waals surface area contributed by atoms with Crippen LogP contribution in [-0.4, -0.2) is 112 Å². The van der Waals surface area contributed by atoms with E-state index in [1.807, 2.05) is 96.8 Å². The lowest BCUT2D eigenvalue weighted by Gasteiger charge is -2.23. The van der Waals surface area contributed by atoms with Crippen LogP contribution in [-0.2, 0) is 25.6 Å². The Labute approximate surface area is 455 Å². The molecule has 5 N–H and O–H groups in total. The maximum absolute atomic E-state index is 12.6. The number of fused-ring (bicyclic) bond motifs is 2. The van der Waals surface area contributed by atoms with Crippen molar-refractivity contribution in [2.75, 3.05) is 56.2 Å². The highest BCUT2D eigenvalue weighted by molar-refractivity contribution is 6.33. The number of aryl methyl sites for hydroxylation is 1. The topological polar surface area (TPSA) is 257 Å². The maximum atomic E-state index is 12.6. The van der Waals surface area contributed by atoms with Gasteiger partial charge in [-0.25, -0.2) is 0 Å². The van der Waals surface area contributed by atoms with E-state index in [1.54, 1.807) is 35.2 Å². The summed E-state index contributed by atoms with van der Waals surface area (Å²) in [7, 11) is 0. The number of likely N-dealkylation sites (tertiary alicyclic amines) is 1. The van der Waals surface area contributed by atoms with Crippen molar-refractivity contribution in [1.29, 1.82) is 0 Å². The number of nitrogens with one attached hydrogen (secondary N) is 2. The van der Waals surface area contributed by atoms with Crippen LogP contribution in [0.25, 0.3) is 21.5 Å². The number of ether oxygens (including phenoxy) is 1. The first-order valence-corrected chi connectivity index (χ1v) is 25.3. The van der Waals surface area contributed by atoms with Crippen molar-refractivity contribution in [3.63, 3.8) is 0 Å². The fourth-order valence-corrected chi connectivity index (χ4v) is 8.39. The normalized spacial score (nSPS) is 11.7. The van der Waals surface area contributed by atoms with Crippen LogP contribution in [0.4, 0.5) is 34.1 Å². The van der Waals surface area contributed by atoms with Crippen LogP contribution in [0.2, 0.25) is 5.02 Å². The monoisotopic (exact) mass is 1080 g/mol. The molecule has 0 bridgehead atoms. The quantitative estimate of drug-likeness (QED) is 0.00741. The van der Waals surface area contributed by atoms with E-state index < -0.39 is 16.8 Å². The number of amides is 3. The summed E-state index contributed by atoms with van der Waals surface area (Å²) >= 11 is 6.14. The zero-order valence-electron chi connectivity index (χ0n) is 43.1. The molecule has 7 aromatic rings. The number of carbonyl (C=O) groups is 5. The summed E-state index contributed by atoms with van der Waals surface area (Å²) in [4.78, 5) is 73.8. The van der Waals surface area contributed by atoms with Crippen LogP contribution in [0.1, 0.15) is 54.1 Å². The number of esters is 1. The minimum atomic E-state index is -0.537. The standard InChI is InChI=1S/C21H24N2O3.C19H14N2O5.C18H22ClN4O3/c24-19(14-16-7-8-17-5-1-2-6-18(17)13-16)15-22-20(25)9-10-21(26)23-11-3-4-12-23;1-12(22)26-18-11-14-5-3-2-4-13(14)10-17(18)19(23)20-15-6-8-16(9-7-15)21(24)25;1-13-11-15(23(7-9-24)8-10-25)4-5-17(13)20-21-18-6-3-14(22(2)26)12-16(18)19/h1-2,5-8,13H,3-4,9-12,14-15H2,(H,22,25);2-11H,1H3,(H,20,23);3-6,11-12,24-26H,2,7-10H2,1H3/q;;+1. The maximum Gasteiger partial charge on any atom is 0.308 e. The van der Waals surface area contributed by atoms with Gasteiger partial charge < -0.3 is 35.4 Å². The van der Waals surface area contributed by atoms with Gasteiger partial charge in [-0.2, -0.15) is 5.11 Å². The van der Waals surface area contributed by atoms with E-state index in [2.05, 4.69) is 27.6 Å². The molecular formula is C58H60ClN8O11+. The number of hydrogen-bond donors (Lipinski definition) is 5. The average Bonchev–Trinajstić information content (AvgIpc) is 3.99. The molecule has 8 rings (SSSR count). The Morgan fingerprint density at radius 1 is 0.756 bits per heavy atom. The lowest BCUT2D eigenvalue weighted by molar-refractivity contribution is -0.706. The molecule has 78 heavy (non-hydrogen) atoms. The van der Waals surface area contributed by atoms with Crippen LogP contribution in [0.5, 0.6) is 5.75 Å². The number of rotatable bonds is 19. The number of carbonyl (C=O) groups excluding carboxylic acids is 5. The van der Waals surface area contributed by atoms with E-state index in [9.17, 15) is 39.3 Å². The molecule has 1 fully saturated rings. The highest BCUT2D eigenvalue weighted by Crippen LogP contribution is 2.32. The Hall–Kier alpha value is -8.91. The minimum absolute atomic E-state index is 0.00354. The van der Waals surface area contributed by atoms with Crippen molar-refractivity contribution in [2.45, 2.75) is 46.0 Å². The number of aliphatic hydroxyl groups is 2. The van der Waals surface area contributed by atoms with Crippen molar-refractivity contribution in [1.82, 2.24) is 10.2 Å². The van der Waals surface area contributed by atoms with Crippen molar-refractivity contribution >= 4 is 103 Å². The molecule has 0 aromatic heterocycles. The number of Topliss-reactive ketones (excluding diaryl/α,β-unsaturated/α-hetero) is 1. The number of nitro benzene ring substituents is 1. The first-order chi connectivity index (χ1) is 37.5. The van der Waals surface area contributed by atoms with Gasteiger partial charge in [-0.3, -0.25) is 39.3 Å². The molecular weight excluding hydrogens is 1020 g/mol. The number of non-ortho nitro benzene ring substituents is 1. The third kappa shape index (κ3) is 17.3. The van der Waals surface area contributed by atoms with Gasteiger partial charge in [0.05, 0.1) is 41.0 Å². The molecule has 1 aliphatic rings. The SMILES string of the molecule is C=[N+](O)c1ccc(N=Nc2ccc(N(CCO)CCO)cc2C)c(Cl)c1.CC(=O)Oc1cc2ccccc2cc1C(=O)Nc1ccc([N+](=O)[O-])cc1.O=C(CNC(=O)CCC(=O)N1CCCC1)Cc1ccc2ccccc2c1. The second kappa shape index (κ2) is 28.8. The van der Waals surface area contributed by atoms with Crippen molar-refractivity contribution in [3.8, 4) is 5.75 Å². The van der Waals surface area contributed by atoms with E-state index in [0.29, 0.717) is 40.9 Å². The lowest BCUT2D eigenvalue weighted by Crippen LogP contribution is -2.32. The number of halogens is 1. The van der Waals surface area contributed by atoms with Gasteiger partial charge in [0, 0.05) is 92.7 Å². The number of anilines is 2. The summed E-state index contributed by atoms with van der Waals surface area (Å²) in [6.45, 7) is 9.03. The first kappa shape index (κ1) is 58.4. The highest BCUT2D eigenvalue weighted by atomic mass is 35.5. The minimum Gasteiger partial charge on any atom is -0.426 e. The molecule has 3 amide bonds. The van der Waals surface area contributed by atoms with Crippen LogP contribution in [0.15, 0.2) is 150 Å². The Morgan fingerprint density at radius 3 is 1.96 bits per heavy atom. The largest absolute Gasteiger partial charge is 0.426 e. The highest BCUT2D eigenvalue weighted by Gasteiger charge is 2.20. The summed E-state index contributed by atoms with van der Waals surface area (Å²) in [6, 6.07) is 40.5. The van der Waals surface area contributed by atoms with E-state index in [-0.39, 0.29) is 73.6 Å². The van der Waals surface area contributed by atoms with E-state index in [1.165, 1.54) is 31.2 Å². The fourth-order valence-electron chi connectivity index (χ4n) is 8.18.